The number of aromatic nitrogens is 2. The van der Waals surface area contributed by atoms with Crippen molar-refractivity contribution in [3.05, 3.63) is 35.2 Å². The molecular formula is C16H16ClN3O4. The molecule has 2 heterocycles. The highest BCUT2D eigenvalue weighted by atomic mass is 35.5. The van der Waals surface area contributed by atoms with Gasteiger partial charge in [0.15, 0.2) is 0 Å². The molecule has 2 aromatic rings. The maximum Gasteiger partial charge on any atom is 0.326 e. The van der Waals surface area contributed by atoms with Gasteiger partial charge in [-0.25, -0.2) is 4.79 Å². The lowest BCUT2D eigenvalue weighted by atomic mass is 10.2. The Morgan fingerprint density at radius 3 is 2.79 bits per heavy atom. The Hall–Kier alpha value is -2.41. The van der Waals surface area contributed by atoms with Gasteiger partial charge in [0.2, 0.25) is 17.6 Å². The molecule has 1 aromatic carbocycles. The summed E-state index contributed by atoms with van der Waals surface area (Å²) < 4.78 is 5.16. The number of hydrogen-bond donors (Lipinski definition) is 1. The Balaban J connectivity index is 1.60. The van der Waals surface area contributed by atoms with E-state index in [9.17, 15) is 9.59 Å². The van der Waals surface area contributed by atoms with Gasteiger partial charge in [-0.15, -0.1) is 0 Å². The predicted molar refractivity (Wildman–Crippen MR) is 85.4 cm³/mol. The molecule has 1 amide bonds. The van der Waals surface area contributed by atoms with Gasteiger partial charge in [-0.1, -0.05) is 16.8 Å². The zero-order chi connectivity index (χ0) is 17.1. The van der Waals surface area contributed by atoms with Crippen LogP contribution < -0.4 is 0 Å². The Kier molecular flexibility index (Phi) is 4.80. The van der Waals surface area contributed by atoms with Gasteiger partial charge in [-0.05, 0) is 37.1 Å². The number of nitrogens with zero attached hydrogens (tertiary/aromatic N) is 3. The molecule has 1 atom stereocenters. The number of likely N-dealkylation sites (tertiary alicyclic amines) is 1. The number of amides is 1. The third-order valence-electron chi connectivity index (χ3n) is 3.98. The Labute approximate surface area is 143 Å². The first-order valence-electron chi connectivity index (χ1n) is 7.65. The highest BCUT2D eigenvalue weighted by Crippen LogP contribution is 2.21. The van der Waals surface area contributed by atoms with Crippen LogP contribution in [0.5, 0.6) is 0 Å². The van der Waals surface area contributed by atoms with E-state index in [1.165, 1.54) is 4.90 Å². The smallest absolute Gasteiger partial charge is 0.326 e. The molecular weight excluding hydrogens is 334 g/mol. The summed E-state index contributed by atoms with van der Waals surface area (Å²) in [6.07, 6.45) is 1.64. The number of aryl methyl sites for hydroxylation is 1. The van der Waals surface area contributed by atoms with Gasteiger partial charge in [-0.3, -0.25) is 4.79 Å². The maximum atomic E-state index is 12.2. The molecule has 1 N–H and O–H groups in total. The summed E-state index contributed by atoms with van der Waals surface area (Å²) in [6.45, 7) is 0.482. The highest BCUT2D eigenvalue weighted by Gasteiger charge is 2.33. The third kappa shape index (κ3) is 3.56. The maximum absolute atomic E-state index is 12.2. The Bertz CT molecular complexity index is 744. The van der Waals surface area contributed by atoms with E-state index >= 15 is 0 Å². The zero-order valence-electron chi connectivity index (χ0n) is 12.8. The summed E-state index contributed by atoms with van der Waals surface area (Å²) in [5, 5.41) is 13.6. The van der Waals surface area contributed by atoms with Gasteiger partial charge in [0, 0.05) is 30.0 Å². The van der Waals surface area contributed by atoms with E-state index in [1.54, 1.807) is 24.3 Å². The monoisotopic (exact) mass is 349 g/mol. The quantitative estimate of drug-likeness (QED) is 0.890. The Morgan fingerprint density at radius 1 is 1.33 bits per heavy atom. The van der Waals surface area contributed by atoms with Gasteiger partial charge in [0.1, 0.15) is 6.04 Å². The van der Waals surface area contributed by atoms with Crippen LogP contribution in [0.25, 0.3) is 11.4 Å². The molecule has 0 saturated carbocycles. The van der Waals surface area contributed by atoms with Crippen molar-refractivity contribution >= 4 is 23.5 Å². The molecule has 24 heavy (non-hydrogen) atoms. The molecule has 7 nitrogen and oxygen atoms in total. The van der Waals surface area contributed by atoms with Gasteiger partial charge in [0.25, 0.3) is 0 Å². The van der Waals surface area contributed by atoms with Crippen LogP contribution in [0.2, 0.25) is 5.02 Å². The van der Waals surface area contributed by atoms with E-state index in [1.807, 2.05) is 0 Å². The first kappa shape index (κ1) is 16.4. The standard InChI is InChI=1S/C16H16ClN3O4/c17-11-5-3-10(4-6-11)15-18-13(24-19-15)7-8-14(21)20-9-1-2-12(20)16(22)23/h3-6,12H,1-2,7-9H2,(H,22,23)/t12-/m1/s1. The number of carboxylic acids is 1. The number of benzene rings is 1. The molecule has 3 rings (SSSR count). The van der Waals surface area contributed by atoms with E-state index in [4.69, 9.17) is 21.2 Å². The number of carbonyl (C=O) groups is 2. The number of halogens is 1. The molecule has 1 aliphatic heterocycles. The molecule has 1 aliphatic rings. The second-order valence-electron chi connectivity index (χ2n) is 5.60. The average molecular weight is 350 g/mol. The van der Waals surface area contributed by atoms with Gasteiger partial charge >= 0.3 is 5.97 Å². The average Bonchev–Trinajstić information content (AvgIpc) is 3.22. The van der Waals surface area contributed by atoms with Crippen LogP contribution in [0.3, 0.4) is 0 Å². The van der Waals surface area contributed by atoms with Crippen molar-refractivity contribution < 1.29 is 19.2 Å². The Morgan fingerprint density at radius 2 is 2.08 bits per heavy atom. The van der Waals surface area contributed by atoms with Crippen molar-refractivity contribution in [2.75, 3.05) is 6.54 Å². The van der Waals surface area contributed by atoms with Gasteiger partial charge < -0.3 is 14.5 Å². The van der Waals surface area contributed by atoms with Gasteiger partial charge in [-0.2, -0.15) is 4.98 Å². The number of aliphatic carboxylic acids is 1. The van der Waals surface area contributed by atoms with Crippen LogP contribution >= 0.6 is 11.6 Å². The van der Waals surface area contributed by atoms with Crippen LogP contribution in [0, 0.1) is 0 Å². The van der Waals surface area contributed by atoms with E-state index in [-0.39, 0.29) is 18.7 Å². The van der Waals surface area contributed by atoms with Gasteiger partial charge in [0.05, 0.1) is 0 Å². The minimum Gasteiger partial charge on any atom is -0.480 e. The van der Waals surface area contributed by atoms with Crippen LogP contribution in [0.1, 0.15) is 25.2 Å². The number of carbonyl (C=O) groups excluding carboxylic acids is 1. The molecule has 1 aromatic heterocycles. The lowest BCUT2D eigenvalue weighted by Gasteiger charge is -2.20. The van der Waals surface area contributed by atoms with Crippen molar-refractivity contribution in [3.8, 4) is 11.4 Å². The van der Waals surface area contributed by atoms with Crippen molar-refractivity contribution in [2.45, 2.75) is 31.7 Å². The van der Waals surface area contributed by atoms with Crippen molar-refractivity contribution in [1.29, 1.82) is 0 Å². The molecule has 0 unspecified atom stereocenters. The number of carboxylic acid groups (broad SMARTS) is 1. The van der Waals surface area contributed by atoms with Crippen molar-refractivity contribution in [3.63, 3.8) is 0 Å². The fourth-order valence-corrected chi connectivity index (χ4v) is 2.88. The van der Waals surface area contributed by atoms with Crippen LogP contribution in [0.4, 0.5) is 0 Å². The summed E-state index contributed by atoms with van der Waals surface area (Å²) in [6, 6.07) is 6.31. The molecule has 0 spiro atoms. The minimum atomic E-state index is -0.955. The molecule has 8 heteroatoms. The van der Waals surface area contributed by atoms with E-state index in [0.29, 0.717) is 36.1 Å². The summed E-state index contributed by atoms with van der Waals surface area (Å²) in [7, 11) is 0. The molecule has 126 valence electrons. The molecule has 0 bridgehead atoms. The molecule has 1 saturated heterocycles. The van der Waals surface area contributed by atoms with Crippen molar-refractivity contribution in [1.82, 2.24) is 15.0 Å². The summed E-state index contributed by atoms with van der Waals surface area (Å²) in [5.74, 6) is -0.382. The largest absolute Gasteiger partial charge is 0.480 e. The second kappa shape index (κ2) is 7.00. The SMILES string of the molecule is O=C(O)[C@H]1CCCN1C(=O)CCc1nc(-c2ccc(Cl)cc2)no1. The lowest BCUT2D eigenvalue weighted by Crippen LogP contribution is -2.40. The highest BCUT2D eigenvalue weighted by molar-refractivity contribution is 6.30. The first-order chi connectivity index (χ1) is 11.5. The van der Waals surface area contributed by atoms with Crippen LogP contribution in [-0.2, 0) is 16.0 Å². The second-order valence-corrected chi connectivity index (χ2v) is 6.04. The summed E-state index contributed by atoms with van der Waals surface area (Å²) >= 11 is 5.84. The van der Waals surface area contributed by atoms with Crippen molar-refractivity contribution in [2.24, 2.45) is 0 Å². The van der Waals surface area contributed by atoms with E-state index < -0.39 is 12.0 Å². The molecule has 0 aliphatic carbocycles. The summed E-state index contributed by atoms with van der Waals surface area (Å²) in [5.41, 5.74) is 0.770. The first-order valence-corrected chi connectivity index (χ1v) is 8.03. The minimum absolute atomic E-state index is 0.145. The normalized spacial score (nSPS) is 17.2. The zero-order valence-corrected chi connectivity index (χ0v) is 13.6. The van der Waals surface area contributed by atoms with E-state index in [2.05, 4.69) is 10.1 Å². The summed E-state index contributed by atoms with van der Waals surface area (Å²) in [4.78, 5) is 29.0. The predicted octanol–water partition coefficient (Wildman–Crippen LogP) is 2.40. The molecule has 1 fully saturated rings. The lowest BCUT2D eigenvalue weighted by molar-refractivity contribution is -0.148. The number of rotatable bonds is 5. The topological polar surface area (TPSA) is 96.5 Å². The van der Waals surface area contributed by atoms with Crippen LogP contribution in [0.15, 0.2) is 28.8 Å². The fraction of sp³-hybridized carbons (Fsp3) is 0.375. The molecule has 0 radical (unpaired) electrons. The third-order valence-corrected chi connectivity index (χ3v) is 4.23. The number of hydrogen-bond acceptors (Lipinski definition) is 5. The fourth-order valence-electron chi connectivity index (χ4n) is 2.75. The van der Waals surface area contributed by atoms with Crippen LogP contribution in [-0.4, -0.2) is 44.6 Å². The van der Waals surface area contributed by atoms with E-state index in [0.717, 1.165) is 5.56 Å².